The Morgan fingerprint density at radius 1 is 1.15 bits per heavy atom. The monoisotopic (exact) mass is 348 g/mol. The van der Waals surface area contributed by atoms with Crippen LogP contribution < -0.4 is 0 Å². The van der Waals surface area contributed by atoms with E-state index in [0.29, 0.717) is 5.92 Å². The second kappa shape index (κ2) is 7.33. The standard InChI is InChI=1S/C20H24N6/c1-15(2)20-23-9-11-26(20)19-13-21-12-17(24-19)18-7-5-10-25(18)14-16-6-3-4-8-22-16/h3-4,6,8-9,11-13,15,18H,5,7,10,14H2,1-2H3/t18-/m0/s1. The van der Waals surface area contributed by atoms with Crippen molar-refractivity contribution < 1.29 is 0 Å². The Labute approximate surface area is 154 Å². The van der Waals surface area contributed by atoms with Crippen LogP contribution >= 0.6 is 0 Å². The van der Waals surface area contributed by atoms with Crippen molar-refractivity contribution >= 4 is 0 Å². The largest absolute Gasteiger partial charge is 0.289 e. The summed E-state index contributed by atoms with van der Waals surface area (Å²) in [6.45, 7) is 6.19. The summed E-state index contributed by atoms with van der Waals surface area (Å²) >= 11 is 0. The molecule has 0 spiro atoms. The van der Waals surface area contributed by atoms with Crippen molar-refractivity contribution in [1.29, 1.82) is 0 Å². The molecule has 1 fully saturated rings. The van der Waals surface area contributed by atoms with Gasteiger partial charge in [-0.3, -0.25) is 19.4 Å². The molecule has 0 amide bonds. The SMILES string of the molecule is CC(C)c1nccn1-c1cncc([C@@H]2CCCN2Cc2ccccn2)n1. The molecule has 4 rings (SSSR count). The molecule has 4 heterocycles. The van der Waals surface area contributed by atoms with E-state index in [-0.39, 0.29) is 6.04 Å². The first-order chi connectivity index (χ1) is 12.7. The maximum Gasteiger partial charge on any atom is 0.156 e. The summed E-state index contributed by atoms with van der Waals surface area (Å²) in [4.78, 5) is 20.8. The Balaban J connectivity index is 1.60. The summed E-state index contributed by atoms with van der Waals surface area (Å²) in [6, 6.07) is 6.37. The highest BCUT2D eigenvalue weighted by Crippen LogP contribution is 2.32. The van der Waals surface area contributed by atoms with Crippen LogP contribution in [0.3, 0.4) is 0 Å². The molecule has 1 atom stereocenters. The fourth-order valence-corrected chi connectivity index (χ4v) is 3.63. The first kappa shape index (κ1) is 16.8. The number of imidazole rings is 1. The van der Waals surface area contributed by atoms with Gasteiger partial charge in [-0.25, -0.2) is 9.97 Å². The third-order valence-corrected chi connectivity index (χ3v) is 4.87. The van der Waals surface area contributed by atoms with Crippen LogP contribution in [-0.4, -0.2) is 35.9 Å². The van der Waals surface area contributed by atoms with Crippen molar-refractivity contribution in [3.63, 3.8) is 0 Å². The molecule has 134 valence electrons. The molecule has 0 aliphatic carbocycles. The smallest absolute Gasteiger partial charge is 0.156 e. The maximum absolute atomic E-state index is 4.93. The summed E-state index contributed by atoms with van der Waals surface area (Å²) in [6.07, 6.45) is 11.6. The summed E-state index contributed by atoms with van der Waals surface area (Å²) in [5.41, 5.74) is 2.12. The number of nitrogens with zero attached hydrogens (tertiary/aromatic N) is 6. The molecular formula is C20H24N6. The number of rotatable bonds is 5. The Morgan fingerprint density at radius 3 is 2.88 bits per heavy atom. The lowest BCUT2D eigenvalue weighted by Crippen LogP contribution is -2.24. The van der Waals surface area contributed by atoms with Crippen LogP contribution in [0.5, 0.6) is 0 Å². The molecule has 3 aromatic heterocycles. The fraction of sp³-hybridized carbons (Fsp3) is 0.400. The van der Waals surface area contributed by atoms with E-state index in [9.17, 15) is 0 Å². The lowest BCUT2D eigenvalue weighted by atomic mass is 10.1. The van der Waals surface area contributed by atoms with E-state index in [1.165, 1.54) is 6.42 Å². The molecule has 3 aromatic rings. The first-order valence-corrected chi connectivity index (χ1v) is 9.22. The Morgan fingerprint density at radius 2 is 2.08 bits per heavy atom. The van der Waals surface area contributed by atoms with Gasteiger partial charge in [-0.2, -0.15) is 0 Å². The second-order valence-electron chi connectivity index (χ2n) is 7.06. The average Bonchev–Trinajstić information content (AvgIpc) is 3.32. The quantitative estimate of drug-likeness (QED) is 0.706. The zero-order chi connectivity index (χ0) is 17.9. The van der Waals surface area contributed by atoms with E-state index >= 15 is 0 Å². The van der Waals surface area contributed by atoms with Crippen molar-refractivity contribution in [2.45, 2.75) is 45.2 Å². The minimum Gasteiger partial charge on any atom is -0.289 e. The number of pyridine rings is 1. The Kier molecular flexibility index (Phi) is 4.75. The van der Waals surface area contributed by atoms with Crippen LogP contribution in [0.2, 0.25) is 0 Å². The van der Waals surface area contributed by atoms with Crippen LogP contribution in [0, 0.1) is 0 Å². The number of aromatic nitrogens is 5. The minimum atomic E-state index is 0.287. The number of likely N-dealkylation sites (tertiary alicyclic amines) is 1. The first-order valence-electron chi connectivity index (χ1n) is 9.22. The van der Waals surface area contributed by atoms with Crippen molar-refractivity contribution in [1.82, 2.24) is 29.4 Å². The highest BCUT2D eigenvalue weighted by Gasteiger charge is 2.28. The van der Waals surface area contributed by atoms with Gasteiger partial charge in [0, 0.05) is 31.1 Å². The summed E-state index contributed by atoms with van der Waals surface area (Å²) in [5.74, 6) is 2.18. The third kappa shape index (κ3) is 3.37. The van der Waals surface area contributed by atoms with Crippen LogP contribution in [0.4, 0.5) is 0 Å². The molecule has 0 saturated carbocycles. The molecule has 0 aromatic carbocycles. The molecule has 1 aliphatic rings. The van der Waals surface area contributed by atoms with Gasteiger partial charge in [0.25, 0.3) is 0 Å². The molecule has 0 bridgehead atoms. The molecule has 0 radical (unpaired) electrons. The van der Waals surface area contributed by atoms with E-state index in [1.54, 1.807) is 0 Å². The van der Waals surface area contributed by atoms with E-state index < -0.39 is 0 Å². The lowest BCUT2D eigenvalue weighted by molar-refractivity contribution is 0.241. The Bertz CT molecular complexity index is 858. The van der Waals surface area contributed by atoms with Gasteiger partial charge in [0.15, 0.2) is 5.82 Å². The topological polar surface area (TPSA) is 59.7 Å². The van der Waals surface area contributed by atoms with Gasteiger partial charge in [0.2, 0.25) is 0 Å². The highest BCUT2D eigenvalue weighted by molar-refractivity contribution is 5.25. The van der Waals surface area contributed by atoms with Crippen molar-refractivity contribution in [3.05, 3.63) is 66.4 Å². The van der Waals surface area contributed by atoms with Gasteiger partial charge in [0.05, 0.1) is 29.8 Å². The second-order valence-corrected chi connectivity index (χ2v) is 7.06. The van der Waals surface area contributed by atoms with E-state index in [1.807, 2.05) is 47.7 Å². The molecule has 6 nitrogen and oxygen atoms in total. The van der Waals surface area contributed by atoms with Gasteiger partial charge in [-0.05, 0) is 31.5 Å². The van der Waals surface area contributed by atoms with Gasteiger partial charge in [-0.1, -0.05) is 19.9 Å². The molecule has 1 saturated heterocycles. The third-order valence-electron chi connectivity index (χ3n) is 4.87. The fourth-order valence-electron chi connectivity index (χ4n) is 3.63. The highest BCUT2D eigenvalue weighted by atomic mass is 15.2. The summed E-state index contributed by atoms with van der Waals surface area (Å²) < 4.78 is 2.04. The number of hydrogen-bond donors (Lipinski definition) is 0. The van der Waals surface area contributed by atoms with Crippen LogP contribution in [0.25, 0.3) is 5.82 Å². The van der Waals surface area contributed by atoms with Crippen molar-refractivity contribution in [3.8, 4) is 5.82 Å². The summed E-state index contributed by atoms with van der Waals surface area (Å²) in [5, 5.41) is 0. The molecule has 6 heteroatoms. The van der Waals surface area contributed by atoms with E-state index in [2.05, 4.69) is 39.8 Å². The zero-order valence-corrected chi connectivity index (χ0v) is 15.3. The van der Waals surface area contributed by atoms with Gasteiger partial charge < -0.3 is 0 Å². The van der Waals surface area contributed by atoms with Crippen LogP contribution in [0.1, 0.15) is 55.9 Å². The predicted molar refractivity (Wildman–Crippen MR) is 99.9 cm³/mol. The number of hydrogen-bond acceptors (Lipinski definition) is 5. The molecule has 26 heavy (non-hydrogen) atoms. The Hall–Kier alpha value is -2.60. The molecular weight excluding hydrogens is 324 g/mol. The van der Waals surface area contributed by atoms with E-state index in [4.69, 9.17) is 4.98 Å². The van der Waals surface area contributed by atoms with Crippen molar-refractivity contribution in [2.24, 2.45) is 0 Å². The van der Waals surface area contributed by atoms with Gasteiger partial charge in [0.1, 0.15) is 5.82 Å². The average molecular weight is 348 g/mol. The van der Waals surface area contributed by atoms with Crippen molar-refractivity contribution in [2.75, 3.05) is 6.54 Å². The zero-order valence-electron chi connectivity index (χ0n) is 15.3. The molecule has 0 N–H and O–H groups in total. The normalized spacial score (nSPS) is 17.9. The molecule has 0 unspecified atom stereocenters. The van der Waals surface area contributed by atoms with Gasteiger partial charge in [-0.15, -0.1) is 0 Å². The lowest BCUT2D eigenvalue weighted by Gasteiger charge is -2.23. The van der Waals surface area contributed by atoms with E-state index in [0.717, 1.165) is 42.5 Å². The minimum absolute atomic E-state index is 0.287. The molecule has 1 aliphatic heterocycles. The maximum atomic E-state index is 4.93. The van der Waals surface area contributed by atoms with Gasteiger partial charge >= 0.3 is 0 Å². The van der Waals surface area contributed by atoms with Crippen LogP contribution in [0.15, 0.2) is 49.2 Å². The summed E-state index contributed by atoms with van der Waals surface area (Å²) in [7, 11) is 0. The predicted octanol–water partition coefficient (Wildman–Crippen LogP) is 3.52. The van der Waals surface area contributed by atoms with Crippen LogP contribution in [-0.2, 0) is 6.54 Å².